The van der Waals surface area contributed by atoms with E-state index in [0.717, 1.165) is 10.9 Å². The molecule has 5 heterocycles. The third kappa shape index (κ3) is 4.96. The number of halogens is 1. The fourth-order valence-electron chi connectivity index (χ4n) is 5.56. The smallest absolute Gasteiger partial charge is 0.340 e. The Morgan fingerprint density at radius 2 is 1.90 bits per heavy atom. The minimum absolute atomic E-state index is 0.000171. The highest BCUT2D eigenvalue weighted by Gasteiger charge is 2.42. The van der Waals surface area contributed by atoms with Crippen molar-refractivity contribution in [3.8, 4) is 5.88 Å². The van der Waals surface area contributed by atoms with Gasteiger partial charge in [-0.1, -0.05) is 6.92 Å². The second kappa shape index (κ2) is 9.61. The van der Waals surface area contributed by atoms with E-state index in [2.05, 4.69) is 15.3 Å². The number of likely N-dealkylation sites (tertiary alicyclic amines) is 1. The Bertz CT molecular complexity index is 1540. The molecule has 0 spiro atoms. The largest absolute Gasteiger partial charge is 0.474 e. The molecule has 10 nitrogen and oxygen atoms in total. The normalized spacial score (nSPS) is 23.7. The van der Waals surface area contributed by atoms with E-state index in [9.17, 15) is 14.0 Å². The summed E-state index contributed by atoms with van der Waals surface area (Å²) in [6, 6.07) is 5.34. The first-order chi connectivity index (χ1) is 19.3. The molecule has 11 heteroatoms. The Kier molecular flexibility index (Phi) is 6.40. The number of carbonyl (C=O) groups is 2. The summed E-state index contributed by atoms with van der Waals surface area (Å²) in [7, 11) is 0. The van der Waals surface area contributed by atoms with Crippen molar-refractivity contribution in [2.75, 3.05) is 18.4 Å². The van der Waals surface area contributed by atoms with Gasteiger partial charge in [0.05, 0.1) is 29.7 Å². The van der Waals surface area contributed by atoms with Gasteiger partial charge in [0, 0.05) is 29.8 Å². The van der Waals surface area contributed by atoms with Crippen LogP contribution < -0.4 is 15.8 Å². The highest BCUT2D eigenvalue weighted by molar-refractivity contribution is 5.93. The van der Waals surface area contributed by atoms with Gasteiger partial charge in [0.15, 0.2) is 0 Å². The summed E-state index contributed by atoms with van der Waals surface area (Å²) in [6.45, 7) is 9.94. The molecule has 3 aliphatic rings. The van der Waals surface area contributed by atoms with Crippen LogP contribution in [0.1, 0.15) is 75.0 Å². The lowest BCUT2D eigenvalue weighted by Gasteiger charge is -2.41. The lowest BCUT2D eigenvalue weighted by molar-refractivity contribution is -0.148. The summed E-state index contributed by atoms with van der Waals surface area (Å²) in [5.41, 5.74) is 7.12. The second-order valence-electron chi connectivity index (χ2n) is 12.5. The average Bonchev–Trinajstić information content (AvgIpc) is 2.85. The van der Waals surface area contributed by atoms with Crippen molar-refractivity contribution in [2.24, 2.45) is 11.7 Å². The summed E-state index contributed by atoms with van der Waals surface area (Å²) < 4.78 is 24.9. The Morgan fingerprint density at radius 3 is 2.59 bits per heavy atom. The molecule has 0 radical (unpaired) electrons. The minimum atomic E-state index is -0.906. The second-order valence-corrected chi connectivity index (χ2v) is 12.5. The summed E-state index contributed by atoms with van der Waals surface area (Å²) in [5, 5.41) is 4.81. The highest BCUT2D eigenvalue weighted by atomic mass is 19.1. The zero-order valence-corrected chi connectivity index (χ0v) is 23.9. The number of hydrogen-bond acceptors (Lipinski definition) is 9. The number of hydrogen-bond donors (Lipinski definition) is 2. The number of carbonyl (C=O) groups excluding carboxylic acids is 2. The predicted molar refractivity (Wildman–Crippen MR) is 151 cm³/mol. The zero-order chi connectivity index (χ0) is 29.3. The third-order valence-electron chi connectivity index (χ3n) is 8.51. The summed E-state index contributed by atoms with van der Waals surface area (Å²) in [5.74, 6) is 0.916. The molecule has 2 aliphatic heterocycles. The maximum Gasteiger partial charge on any atom is 0.340 e. The summed E-state index contributed by atoms with van der Waals surface area (Å²) in [6.07, 6.45) is 3.49. The van der Waals surface area contributed by atoms with Crippen LogP contribution in [0.25, 0.3) is 10.8 Å². The summed E-state index contributed by atoms with van der Waals surface area (Å²) >= 11 is 0. The number of nitrogens with one attached hydrogen (secondary N) is 1. The van der Waals surface area contributed by atoms with E-state index in [1.165, 1.54) is 0 Å². The van der Waals surface area contributed by atoms with Crippen LogP contribution in [0.2, 0.25) is 0 Å². The van der Waals surface area contributed by atoms with E-state index in [-0.39, 0.29) is 42.9 Å². The Balaban J connectivity index is 1.25. The molecule has 1 aliphatic carbocycles. The molecule has 0 bridgehead atoms. The number of aromatic nitrogens is 3. The molecular formula is C30H35FN6O4. The molecule has 2 fully saturated rings. The first-order valence-corrected chi connectivity index (χ1v) is 14.0. The molecule has 3 N–H and O–H groups in total. The Labute approximate surface area is 237 Å². The molecule has 1 saturated carbocycles. The van der Waals surface area contributed by atoms with E-state index < -0.39 is 17.3 Å². The van der Waals surface area contributed by atoms with Crippen molar-refractivity contribution < 1.29 is 23.5 Å². The van der Waals surface area contributed by atoms with Crippen LogP contribution in [0.4, 0.5) is 16.0 Å². The van der Waals surface area contributed by atoms with Gasteiger partial charge in [0.2, 0.25) is 11.8 Å². The Morgan fingerprint density at radius 1 is 1.17 bits per heavy atom. The molecule has 3 aromatic rings. The number of nitrogens with zero attached hydrogens (tertiary/aromatic N) is 4. The van der Waals surface area contributed by atoms with Gasteiger partial charge in [-0.05, 0) is 69.7 Å². The quantitative estimate of drug-likeness (QED) is 0.421. The molecule has 3 aromatic heterocycles. The van der Waals surface area contributed by atoms with Gasteiger partial charge in [-0.25, -0.2) is 24.1 Å². The van der Waals surface area contributed by atoms with Crippen LogP contribution in [-0.2, 0) is 15.1 Å². The van der Waals surface area contributed by atoms with Crippen LogP contribution in [0, 0.1) is 5.92 Å². The first kappa shape index (κ1) is 27.3. The molecular weight excluding hydrogens is 527 g/mol. The standard InChI is InChI=1S/C30H35FN6O4/c1-15-25-19(28(39)41-30(15,4)5)6-7-23(36-25)35-24-10-20-21(11-33-24)26(34-12-22(20)29(2,3)32)40-18-8-16(9-18)27(38)37-13-17(31)14-37/h6-7,10-12,15-18H,8-9,13-14,32H2,1-5H3,(H,33,35,36)/t15-,16?,18?/m1/s1. The SMILES string of the molecule is C[C@@H]1c2nc(Nc3cc4c(C(C)(C)N)cnc(OC5CC(C(=O)N6CC(F)C6)C5)c4cn3)ccc2C(=O)OC1(C)C. The van der Waals surface area contributed by atoms with Crippen LogP contribution in [0.5, 0.6) is 5.88 Å². The van der Waals surface area contributed by atoms with Crippen LogP contribution >= 0.6 is 0 Å². The van der Waals surface area contributed by atoms with Crippen molar-refractivity contribution in [3.63, 3.8) is 0 Å². The monoisotopic (exact) mass is 562 g/mol. The molecule has 1 saturated heterocycles. The number of rotatable bonds is 6. The van der Waals surface area contributed by atoms with E-state index in [1.807, 2.05) is 40.7 Å². The molecule has 41 heavy (non-hydrogen) atoms. The summed E-state index contributed by atoms with van der Waals surface area (Å²) in [4.78, 5) is 40.4. The van der Waals surface area contributed by atoms with E-state index in [0.29, 0.717) is 47.0 Å². The number of amides is 1. The van der Waals surface area contributed by atoms with Crippen molar-refractivity contribution in [1.82, 2.24) is 19.9 Å². The highest BCUT2D eigenvalue weighted by Crippen LogP contribution is 2.39. The topological polar surface area (TPSA) is 133 Å². The molecule has 1 amide bonds. The van der Waals surface area contributed by atoms with Crippen molar-refractivity contribution in [3.05, 3.63) is 47.4 Å². The number of cyclic esters (lactones) is 1. The van der Waals surface area contributed by atoms with Gasteiger partial charge >= 0.3 is 5.97 Å². The molecule has 216 valence electrons. The molecule has 1 atom stereocenters. The fourth-order valence-corrected chi connectivity index (χ4v) is 5.56. The van der Waals surface area contributed by atoms with Crippen molar-refractivity contribution in [1.29, 1.82) is 0 Å². The third-order valence-corrected chi connectivity index (χ3v) is 8.51. The van der Waals surface area contributed by atoms with Crippen molar-refractivity contribution >= 4 is 34.3 Å². The van der Waals surface area contributed by atoms with Gasteiger partial charge < -0.3 is 25.4 Å². The van der Waals surface area contributed by atoms with Gasteiger partial charge in [0.1, 0.15) is 29.5 Å². The van der Waals surface area contributed by atoms with Crippen LogP contribution in [0.3, 0.4) is 0 Å². The number of fused-ring (bicyclic) bond motifs is 2. The van der Waals surface area contributed by atoms with E-state index in [4.69, 9.17) is 20.2 Å². The lowest BCUT2D eigenvalue weighted by atomic mass is 9.80. The van der Waals surface area contributed by atoms with Crippen LogP contribution in [-0.4, -0.2) is 62.7 Å². The lowest BCUT2D eigenvalue weighted by Crippen LogP contribution is -2.56. The Hall–Kier alpha value is -3.86. The number of esters is 1. The predicted octanol–water partition coefficient (Wildman–Crippen LogP) is 4.35. The number of alkyl halides is 1. The zero-order valence-electron chi connectivity index (χ0n) is 23.9. The number of pyridine rings is 3. The maximum atomic E-state index is 13.2. The molecule has 6 rings (SSSR count). The minimum Gasteiger partial charge on any atom is -0.474 e. The molecule has 0 aromatic carbocycles. The average molecular weight is 563 g/mol. The molecule has 0 unspecified atom stereocenters. The van der Waals surface area contributed by atoms with Crippen LogP contribution in [0.15, 0.2) is 30.6 Å². The van der Waals surface area contributed by atoms with E-state index >= 15 is 0 Å². The van der Waals surface area contributed by atoms with Gasteiger partial charge in [-0.3, -0.25) is 4.79 Å². The van der Waals surface area contributed by atoms with Gasteiger partial charge in [-0.2, -0.15) is 0 Å². The number of nitrogens with two attached hydrogens (primary N) is 1. The fraction of sp³-hybridized carbons (Fsp3) is 0.500. The number of anilines is 2. The first-order valence-electron chi connectivity index (χ1n) is 14.0. The van der Waals surface area contributed by atoms with Gasteiger partial charge in [0.25, 0.3) is 0 Å². The van der Waals surface area contributed by atoms with E-state index in [1.54, 1.807) is 29.4 Å². The number of ether oxygens (including phenoxy) is 2. The maximum absolute atomic E-state index is 13.2. The van der Waals surface area contributed by atoms with Gasteiger partial charge in [-0.15, -0.1) is 0 Å². The van der Waals surface area contributed by atoms with Crippen molar-refractivity contribution in [2.45, 2.75) is 76.8 Å².